The Hall–Kier alpha value is -2.18. The van der Waals surface area contributed by atoms with Gasteiger partial charge in [-0.3, -0.25) is 4.79 Å². The summed E-state index contributed by atoms with van der Waals surface area (Å²) in [7, 11) is 1.77. The van der Waals surface area contributed by atoms with Gasteiger partial charge in [0.2, 0.25) is 11.9 Å². The molecule has 0 radical (unpaired) electrons. The fraction of sp³-hybridized carbons (Fsp3) is 0.133. The second kappa shape index (κ2) is 5.90. The first-order valence-corrected chi connectivity index (χ1v) is 7.78. The van der Waals surface area contributed by atoms with Crippen molar-refractivity contribution < 1.29 is 4.79 Å². The normalized spacial score (nSPS) is 10.8. The molecule has 0 fully saturated rings. The predicted octanol–water partition coefficient (Wildman–Crippen LogP) is 3.08. The van der Waals surface area contributed by atoms with Gasteiger partial charge in [-0.15, -0.1) is 11.3 Å². The largest absolute Gasteiger partial charge is 0.369 e. The molecule has 0 saturated heterocycles. The van der Waals surface area contributed by atoms with Crippen molar-refractivity contribution in [2.24, 2.45) is 5.73 Å². The lowest BCUT2D eigenvalue weighted by atomic mass is 10.1. The maximum absolute atomic E-state index is 11.1. The highest BCUT2D eigenvalue weighted by molar-refractivity contribution is 7.18. The molecule has 0 aliphatic rings. The van der Waals surface area contributed by atoms with Crippen molar-refractivity contribution in [1.29, 1.82) is 0 Å². The third kappa shape index (κ3) is 2.88. The Morgan fingerprint density at radius 1 is 1.32 bits per heavy atom. The van der Waals surface area contributed by atoms with Crippen LogP contribution in [0.1, 0.15) is 4.88 Å². The molecular weight excluding hydrogens is 320 g/mol. The topological polar surface area (TPSA) is 80.9 Å². The van der Waals surface area contributed by atoms with E-state index < -0.39 is 0 Å². The van der Waals surface area contributed by atoms with Crippen LogP contribution in [0.5, 0.6) is 0 Å². The van der Waals surface area contributed by atoms with Crippen molar-refractivity contribution in [3.8, 4) is 11.3 Å². The van der Waals surface area contributed by atoms with E-state index >= 15 is 0 Å². The van der Waals surface area contributed by atoms with E-state index in [0.29, 0.717) is 11.0 Å². The molecule has 0 atom stereocenters. The molecule has 0 saturated carbocycles. The average Bonchev–Trinajstić information content (AvgIpc) is 2.88. The van der Waals surface area contributed by atoms with E-state index in [2.05, 4.69) is 15.3 Å². The molecule has 0 aliphatic carbocycles. The number of amides is 1. The molecule has 112 valence electrons. The van der Waals surface area contributed by atoms with Crippen LogP contribution in [0.3, 0.4) is 0 Å². The van der Waals surface area contributed by atoms with Crippen LogP contribution in [0, 0.1) is 0 Å². The molecule has 1 aromatic carbocycles. The van der Waals surface area contributed by atoms with Crippen molar-refractivity contribution in [2.75, 3.05) is 12.4 Å². The minimum Gasteiger partial charge on any atom is -0.369 e. The number of carbonyl (C=O) groups excluding carboxylic acids is 1. The fourth-order valence-corrected chi connectivity index (χ4v) is 3.33. The van der Waals surface area contributed by atoms with E-state index in [4.69, 9.17) is 17.3 Å². The van der Waals surface area contributed by atoms with Gasteiger partial charge >= 0.3 is 0 Å². The number of carbonyl (C=O) groups is 1. The summed E-state index contributed by atoms with van der Waals surface area (Å²) in [6.45, 7) is 0. The van der Waals surface area contributed by atoms with Gasteiger partial charge in [0, 0.05) is 27.9 Å². The Kier molecular flexibility index (Phi) is 3.96. The number of hydrogen-bond donors (Lipinski definition) is 2. The third-order valence-corrected chi connectivity index (χ3v) is 4.41. The summed E-state index contributed by atoms with van der Waals surface area (Å²) in [5.74, 6) is 0.173. The zero-order chi connectivity index (χ0) is 15.7. The number of nitrogens with two attached hydrogens (primary N) is 1. The van der Waals surface area contributed by atoms with Gasteiger partial charge in [0.25, 0.3) is 0 Å². The maximum Gasteiger partial charge on any atom is 0.224 e. The van der Waals surface area contributed by atoms with E-state index in [0.717, 1.165) is 26.4 Å². The summed E-state index contributed by atoms with van der Waals surface area (Å²) < 4.78 is 0. The number of aromatic nitrogens is 2. The van der Waals surface area contributed by atoms with Gasteiger partial charge < -0.3 is 11.1 Å². The fourth-order valence-electron chi connectivity index (χ4n) is 2.17. The van der Waals surface area contributed by atoms with Crippen LogP contribution < -0.4 is 11.1 Å². The Balaban J connectivity index is 2.20. The number of nitrogens with zero attached hydrogens (tertiary/aromatic N) is 2. The summed E-state index contributed by atoms with van der Waals surface area (Å²) in [5.41, 5.74) is 7.02. The summed E-state index contributed by atoms with van der Waals surface area (Å²) in [6.07, 6.45) is 0.204. The molecule has 2 aromatic heterocycles. The van der Waals surface area contributed by atoms with Gasteiger partial charge in [-0.25, -0.2) is 9.97 Å². The molecule has 0 aliphatic heterocycles. The minimum atomic E-state index is -0.360. The lowest BCUT2D eigenvalue weighted by Crippen LogP contribution is -2.12. The molecule has 1 amide bonds. The molecule has 3 rings (SSSR count). The monoisotopic (exact) mass is 332 g/mol. The Morgan fingerprint density at radius 2 is 2.05 bits per heavy atom. The predicted molar refractivity (Wildman–Crippen MR) is 90.3 cm³/mol. The van der Waals surface area contributed by atoms with Crippen LogP contribution in [-0.4, -0.2) is 22.9 Å². The zero-order valence-electron chi connectivity index (χ0n) is 11.8. The highest BCUT2D eigenvalue weighted by Gasteiger charge is 2.14. The molecule has 3 aromatic rings. The average molecular weight is 333 g/mol. The Morgan fingerprint density at radius 3 is 2.68 bits per heavy atom. The number of rotatable bonds is 4. The first-order chi connectivity index (χ1) is 10.6. The van der Waals surface area contributed by atoms with Gasteiger partial charge in [-0.1, -0.05) is 23.7 Å². The van der Waals surface area contributed by atoms with Crippen molar-refractivity contribution in [3.05, 3.63) is 40.2 Å². The summed E-state index contributed by atoms with van der Waals surface area (Å²) >= 11 is 7.39. The molecular formula is C15H13ClN4OS. The molecule has 5 nitrogen and oxygen atoms in total. The second-order valence-corrected chi connectivity index (χ2v) is 6.28. The number of anilines is 1. The summed E-state index contributed by atoms with van der Waals surface area (Å²) in [4.78, 5) is 21.8. The van der Waals surface area contributed by atoms with Crippen LogP contribution in [0.4, 0.5) is 5.95 Å². The van der Waals surface area contributed by atoms with E-state index in [9.17, 15) is 4.79 Å². The third-order valence-electron chi connectivity index (χ3n) is 3.13. The van der Waals surface area contributed by atoms with Crippen molar-refractivity contribution >= 4 is 45.0 Å². The first-order valence-electron chi connectivity index (χ1n) is 6.59. The number of nitrogens with one attached hydrogen (secondary N) is 1. The molecule has 0 bridgehead atoms. The van der Waals surface area contributed by atoms with Gasteiger partial charge in [0.15, 0.2) is 0 Å². The molecule has 3 N–H and O–H groups in total. The van der Waals surface area contributed by atoms with Crippen molar-refractivity contribution in [3.63, 3.8) is 0 Å². The van der Waals surface area contributed by atoms with Gasteiger partial charge in [0.1, 0.15) is 4.83 Å². The number of hydrogen-bond acceptors (Lipinski definition) is 5. The van der Waals surface area contributed by atoms with E-state index in [1.54, 1.807) is 7.05 Å². The molecule has 0 spiro atoms. The minimum absolute atomic E-state index is 0.204. The quantitative estimate of drug-likeness (QED) is 0.769. The lowest BCUT2D eigenvalue weighted by molar-refractivity contribution is -0.117. The van der Waals surface area contributed by atoms with Crippen molar-refractivity contribution in [1.82, 2.24) is 9.97 Å². The zero-order valence-corrected chi connectivity index (χ0v) is 13.3. The first kappa shape index (κ1) is 14.7. The van der Waals surface area contributed by atoms with Crippen LogP contribution in [0.2, 0.25) is 5.02 Å². The van der Waals surface area contributed by atoms with Crippen LogP contribution in [-0.2, 0) is 11.2 Å². The van der Waals surface area contributed by atoms with Gasteiger partial charge in [-0.05, 0) is 18.2 Å². The Labute approximate surface area is 136 Å². The van der Waals surface area contributed by atoms with E-state index in [1.165, 1.54) is 11.3 Å². The SMILES string of the molecule is CNc1nc(-c2ccc(Cl)cc2)c2cc(CC(N)=O)sc2n1. The number of halogens is 1. The Bertz CT molecular complexity index is 845. The maximum atomic E-state index is 11.1. The smallest absolute Gasteiger partial charge is 0.224 e. The van der Waals surface area contributed by atoms with Crippen LogP contribution in [0.25, 0.3) is 21.5 Å². The number of thiophene rings is 1. The molecule has 2 heterocycles. The van der Waals surface area contributed by atoms with Crippen molar-refractivity contribution in [2.45, 2.75) is 6.42 Å². The van der Waals surface area contributed by atoms with Crippen LogP contribution in [0.15, 0.2) is 30.3 Å². The van der Waals surface area contributed by atoms with Crippen LogP contribution >= 0.6 is 22.9 Å². The number of fused-ring (bicyclic) bond motifs is 1. The van der Waals surface area contributed by atoms with E-state index in [-0.39, 0.29) is 12.3 Å². The number of primary amides is 1. The second-order valence-electron chi connectivity index (χ2n) is 4.73. The molecule has 0 unspecified atom stereocenters. The summed E-state index contributed by atoms with van der Waals surface area (Å²) in [6, 6.07) is 9.39. The van der Waals surface area contributed by atoms with Gasteiger partial charge in [-0.2, -0.15) is 0 Å². The molecule has 7 heteroatoms. The van der Waals surface area contributed by atoms with E-state index in [1.807, 2.05) is 30.3 Å². The molecule has 22 heavy (non-hydrogen) atoms. The highest BCUT2D eigenvalue weighted by Crippen LogP contribution is 2.33. The standard InChI is InChI=1S/C15H13ClN4OS/c1-18-15-19-13(8-2-4-9(16)5-3-8)11-6-10(7-12(17)21)22-14(11)20-15/h2-6H,7H2,1H3,(H2,17,21)(H,18,19,20). The highest BCUT2D eigenvalue weighted by atomic mass is 35.5. The lowest BCUT2D eigenvalue weighted by Gasteiger charge is -2.05. The van der Waals surface area contributed by atoms with Gasteiger partial charge in [0.05, 0.1) is 12.1 Å². The number of benzene rings is 1. The summed E-state index contributed by atoms with van der Waals surface area (Å²) in [5, 5.41) is 4.53.